The zero-order valence-corrected chi connectivity index (χ0v) is 36.6. The Kier molecular flexibility index (Phi) is 15.4. The predicted octanol–water partition coefficient (Wildman–Crippen LogP) is 5.14. The fourth-order valence-electron chi connectivity index (χ4n) is 7.72. The highest BCUT2D eigenvalue weighted by atomic mass is 16.7. The van der Waals surface area contributed by atoms with E-state index in [1.807, 2.05) is 6.92 Å². The summed E-state index contributed by atoms with van der Waals surface area (Å²) >= 11 is 0. The number of hydrogen-bond acceptors (Lipinski definition) is 14. The Morgan fingerprint density at radius 2 is 1.63 bits per heavy atom. The number of nitrogens with one attached hydrogen (secondary N) is 1. The molecule has 0 saturated carbocycles. The zero-order chi connectivity index (χ0) is 45.0. The van der Waals surface area contributed by atoms with Crippen LogP contribution in [0.25, 0.3) is 10.8 Å². The first kappa shape index (κ1) is 47.5. The molecule has 0 saturated heterocycles. The number of carbonyl (C=O) groups excluding carboxylic acids is 4. The van der Waals surface area contributed by atoms with Crippen LogP contribution in [0.1, 0.15) is 77.7 Å². The van der Waals surface area contributed by atoms with E-state index < -0.39 is 95.5 Å². The lowest BCUT2D eigenvalue weighted by Crippen LogP contribution is -2.46. The summed E-state index contributed by atoms with van der Waals surface area (Å²) in [5.74, 6) is -8.16. The molecule has 5 N–H and O–H groups in total. The van der Waals surface area contributed by atoms with Crippen LogP contribution in [0.5, 0.6) is 23.0 Å². The minimum absolute atomic E-state index is 0.0646. The number of amides is 2. The number of aliphatic hydroxyl groups excluding tert-OH is 2. The van der Waals surface area contributed by atoms with E-state index >= 15 is 0 Å². The van der Waals surface area contributed by atoms with Gasteiger partial charge in [0.1, 0.15) is 23.4 Å². The van der Waals surface area contributed by atoms with Gasteiger partial charge < -0.3 is 49.4 Å². The summed E-state index contributed by atoms with van der Waals surface area (Å²) < 4.78 is 29.8. The maximum atomic E-state index is 14.5. The number of hydrazine groups is 1. The molecule has 16 nitrogen and oxygen atoms in total. The van der Waals surface area contributed by atoms with Crippen LogP contribution in [0.3, 0.4) is 0 Å². The highest BCUT2D eigenvalue weighted by molar-refractivity contribution is 6.21. The maximum absolute atomic E-state index is 14.5. The average Bonchev–Trinajstić information content (AvgIpc) is 3.46. The van der Waals surface area contributed by atoms with Gasteiger partial charge in [-0.3, -0.25) is 24.2 Å². The topological polar surface area (TPSA) is 214 Å². The molecule has 3 aliphatic rings. The minimum atomic E-state index is -2.03. The number of methoxy groups -OCH3 is 1. The molecule has 9 atom stereocenters. The number of hydrogen-bond donors (Lipinski definition) is 5. The molecule has 5 rings (SSSR count). The molecule has 3 aliphatic heterocycles. The van der Waals surface area contributed by atoms with Gasteiger partial charge in [0.15, 0.2) is 12.4 Å². The predicted molar refractivity (Wildman–Crippen MR) is 223 cm³/mol. The van der Waals surface area contributed by atoms with Gasteiger partial charge in [-0.05, 0) is 26.3 Å². The van der Waals surface area contributed by atoms with Crippen LogP contribution >= 0.6 is 0 Å². The zero-order valence-electron chi connectivity index (χ0n) is 36.6. The standard InChI is InChI=1S/C44H61N3O13/c1-13-18-47(46(10)11)32(49)21-57-31-20-29-39(53)34-33(31)35-41(27(7)38(34)52)60-44(9,42(35)54)58-19-17-30(56-12)24(4)40(59-28(8)48)26(6)37(51)25(5)36(50)22(2)15-14-16-23(3)43(55)45-29/h14-17,19-20,22,24-26,30,36-37,40,50-53H,13,18,21H2,1-12H3,(H,45,55)/b15-14+,19-17+,23-16?. The summed E-state index contributed by atoms with van der Waals surface area (Å²) in [6.07, 6.45) is 4.23. The summed E-state index contributed by atoms with van der Waals surface area (Å²) in [5.41, 5.74) is -0.0377. The number of phenols is 2. The van der Waals surface area contributed by atoms with Crippen LogP contribution in [-0.2, 0) is 28.6 Å². The molecule has 2 aromatic rings. The number of carbonyl (C=O) groups is 4. The molecule has 0 radical (unpaired) electrons. The SMILES string of the molecule is CCCN(C(=O)COc1cc2c(O)c3c(O)c(C)c4c(c13)C(=O)C(C)(O/C=C/C(OC)C(C)C(OC(C)=O)C(C)C(O)C(C)C(O)C(C)/C=C/C=C(C)C(=O)N2)O4)N(C)C. The molecular weight excluding hydrogens is 778 g/mol. The number of aromatic hydroxyl groups is 2. The second-order valence-corrected chi connectivity index (χ2v) is 16.1. The Balaban J connectivity index is 1.94. The molecule has 0 aromatic heterocycles. The molecule has 330 valence electrons. The van der Waals surface area contributed by atoms with E-state index in [9.17, 15) is 39.6 Å². The second-order valence-electron chi connectivity index (χ2n) is 16.1. The number of allylic oxidation sites excluding steroid dienone is 2. The Hall–Kier alpha value is -5.16. The van der Waals surface area contributed by atoms with E-state index in [2.05, 4.69) is 5.32 Å². The lowest BCUT2D eigenvalue weighted by molar-refractivity contribution is -0.160. The molecule has 0 spiro atoms. The van der Waals surface area contributed by atoms with Crippen LogP contribution in [0.2, 0.25) is 0 Å². The number of esters is 1. The third-order valence-electron chi connectivity index (χ3n) is 11.4. The molecule has 2 aromatic carbocycles. The van der Waals surface area contributed by atoms with Crippen LogP contribution in [-0.4, -0.2) is 119 Å². The number of aliphatic hydroxyl groups is 2. The van der Waals surface area contributed by atoms with Crippen LogP contribution in [0, 0.1) is 30.6 Å². The largest absolute Gasteiger partial charge is 0.507 e. The molecule has 2 amide bonds. The third-order valence-corrected chi connectivity index (χ3v) is 11.4. The van der Waals surface area contributed by atoms with Crippen molar-refractivity contribution in [2.45, 2.75) is 98.9 Å². The van der Waals surface area contributed by atoms with Gasteiger partial charge in [0.2, 0.25) is 0 Å². The lowest BCUT2D eigenvalue weighted by atomic mass is 9.78. The highest BCUT2D eigenvalue weighted by Crippen LogP contribution is 2.54. The molecular formula is C44H61N3O13. The summed E-state index contributed by atoms with van der Waals surface area (Å²) in [6.45, 7) is 14.3. The summed E-state index contributed by atoms with van der Waals surface area (Å²) in [7, 11) is 4.85. The Morgan fingerprint density at radius 3 is 2.23 bits per heavy atom. The number of rotatable bonds is 8. The van der Waals surface area contributed by atoms with Crippen molar-refractivity contribution in [3.63, 3.8) is 0 Å². The van der Waals surface area contributed by atoms with Gasteiger partial charge in [0.05, 0.1) is 41.2 Å². The summed E-state index contributed by atoms with van der Waals surface area (Å²) in [4.78, 5) is 53.9. The molecule has 0 aliphatic carbocycles. The van der Waals surface area contributed by atoms with Gasteiger partial charge in [-0.2, -0.15) is 0 Å². The molecule has 9 unspecified atom stereocenters. The fraction of sp³-hybridized carbons (Fsp3) is 0.545. The Bertz CT molecular complexity index is 2040. The first-order chi connectivity index (χ1) is 28.1. The number of phenolic OH excluding ortho intramolecular Hbond substituents is 2. The average molecular weight is 840 g/mol. The summed E-state index contributed by atoms with van der Waals surface area (Å²) in [5, 5.41) is 51.6. The summed E-state index contributed by atoms with van der Waals surface area (Å²) in [6, 6.07) is 1.26. The van der Waals surface area contributed by atoms with Crippen LogP contribution < -0.4 is 14.8 Å². The molecule has 60 heavy (non-hydrogen) atoms. The van der Waals surface area contributed by atoms with Gasteiger partial charge >= 0.3 is 11.8 Å². The van der Waals surface area contributed by atoms with Gasteiger partial charge in [-0.25, -0.2) is 5.01 Å². The third kappa shape index (κ3) is 9.72. The Labute approximate surface area is 351 Å². The maximum Gasteiger partial charge on any atom is 0.312 e. The monoisotopic (exact) mass is 839 g/mol. The van der Waals surface area contributed by atoms with Crippen molar-refractivity contribution < 1.29 is 63.3 Å². The first-order valence-electron chi connectivity index (χ1n) is 20.1. The number of fused-ring (bicyclic) bond motifs is 14. The number of ketones is 1. The number of anilines is 1. The van der Waals surface area contributed by atoms with Gasteiger partial charge in [-0.1, -0.05) is 52.8 Å². The number of Topliss-reactive ketones (excluding diaryl/α,β-unsaturated/α-hetero) is 1. The van der Waals surface area contributed by atoms with E-state index in [4.69, 9.17) is 23.7 Å². The first-order valence-corrected chi connectivity index (χ1v) is 20.1. The van der Waals surface area contributed by atoms with Crippen LogP contribution in [0.15, 0.2) is 42.2 Å². The molecule has 3 heterocycles. The number of ether oxygens (including phenoxy) is 5. The van der Waals surface area contributed by atoms with Crippen molar-refractivity contribution >= 4 is 40.0 Å². The van der Waals surface area contributed by atoms with Gasteiger partial charge in [-0.15, -0.1) is 0 Å². The lowest BCUT2D eigenvalue weighted by Gasteiger charge is -2.38. The van der Waals surface area contributed by atoms with Gasteiger partial charge in [0, 0.05) is 87.9 Å². The van der Waals surface area contributed by atoms with Gasteiger partial charge in [0.25, 0.3) is 17.6 Å². The Morgan fingerprint density at radius 1 is 0.967 bits per heavy atom. The fourth-order valence-corrected chi connectivity index (χ4v) is 7.72. The van der Waals surface area contributed by atoms with Crippen molar-refractivity contribution in [1.29, 1.82) is 0 Å². The van der Waals surface area contributed by atoms with E-state index in [0.29, 0.717) is 13.0 Å². The molecule has 0 fully saturated rings. The van der Waals surface area contributed by atoms with Crippen molar-refractivity contribution in [3.8, 4) is 23.0 Å². The molecule has 5 bridgehead atoms. The smallest absolute Gasteiger partial charge is 0.312 e. The number of benzene rings is 2. The van der Waals surface area contributed by atoms with E-state index in [1.165, 1.54) is 64.3 Å². The quantitative estimate of drug-likeness (QED) is 0.132. The van der Waals surface area contributed by atoms with E-state index in [0.717, 1.165) is 0 Å². The van der Waals surface area contributed by atoms with Crippen molar-refractivity contribution in [3.05, 3.63) is 53.3 Å². The van der Waals surface area contributed by atoms with Crippen molar-refractivity contribution in [2.75, 3.05) is 39.7 Å². The second kappa shape index (κ2) is 19.5. The van der Waals surface area contributed by atoms with Crippen LogP contribution in [0.4, 0.5) is 5.69 Å². The number of nitrogens with zero attached hydrogens (tertiary/aromatic N) is 2. The van der Waals surface area contributed by atoms with E-state index in [-0.39, 0.29) is 44.7 Å². The van der Waals surface area contributed by atoms with E-state index in [1.54, 1.807) is 59.0 Å². The van der Waals surface area contributed by atoms with Crippen molar-refractivity contribution in [2.24, 2.45) is 23.7 Å². The minimum Gasteiger partial charge on any atom is -0.507 e. The highest BCUT2D eigenvalue weighted by Gasteiger charge is 2.50. The van der Waals surface area contributed by atoms with Crippen molar-refractivity contribution in [1.82, 2.24) is 10.0 Å². The molecule has 16 heteroatoms. The normalized spacial score (nSPS) is 28.8.